The van der Waals surface area contributed by atoms with Crippen molar-refractivity contribution in [3.63, 3.8) is 0 Å². The first-order valence-corrected chi connectivity index (χ1v) is 10.3. The van der Waals surface area contributed by atoms with Crippen molar-refractivity contribution in [1.82, 2.24) is 0 Å². The Hall–Kier alpha value is -2.22. The fraction of sp³-hybridized carbons (Fsp3) is 0.440. The minimum Gasteiger partial charge on any atom is -0.508 e. The third kappa shape index (κ3) is 5.38. The van der Waals surface area contributed by atoms with E-state index < -0.39 is 0 Å². The number of allylic oxidation sites excluding steroid dienone is 2. The monoisotopic (exact) mass is 364 g/mol. The molecule has 1 aliphatic carbocycles. The molecule has 2 unspecified atom stereocenters. The molecule has 3 rings (SSSR count). The van der Waals surface area contributed by atoms with Gasteiger partial charge < -0.3 is 10.2 Å². The van der Waals surface area contributed by atoms with Crippen LogP contribution in [0.4, 0.5) is 0 Å². The predicted octanol–water partition coefficient (Wildman–Crippen LogP) is 6.89. The second kappa shape index (κ2) is 9.12. The molecular weight excluding hydrogens is 332 g/mol. The highest BCUT2D eigenvalue weighted by molar-refractivity contribution is 5.66. The van der Waals surface area contributed by atoms with E-state index in [-0.39, 0.29) is 0 Å². The third-order valence-electron chi connectivity index (χ3n) is 5.88. The molecule has 0 spiro atoms. The van der Waals surface area contributed by atoms with Crippen molar-refractivity contribution in [2.24, 2.45) is 11.8 Å². The van der Waals surface area contributed by atoms with E-state index in [9.17, 15) is 10.2 Å². The molecule has 0 radical (unpaired) electrons. The van der Waals surface area contributed by atoms with Gasteiger partial charge in [0.15, 0.2) is 0 Å². The Morgan fingerprint density at radius 2 is 1.52 bits per heavy atom. The number of benzene rings is 2. The zero-order valence-corrected chi connectivity index (χ0v) is 16.6. The van der Waals surface area contributed by atoms with Crippen LogP contribution in [0.3, 0.4) is 0 Å². The average Bonchev–Trinajstić information content (AvgIpc) is 2.67. The van der Waals surface area contributed by atoms with Crippen LogP contribution >= 0.6 is 0 Å². The van der Waals surface area contributed by atoms with Crippen LogP contribution in [-0.4, -0.2) is 10.2 Å². The van der Waals surface area contributed by atoms with Gasteiger partial charge in [0.25, 0.3) is 0 Å². The summed E-state index contributed by atoms with van der Waals surface area (Å²) in [6, 6.07) is 15.4. The topological polar surface area (TPSA) is 40.5 Å². The standard InChI is InChI=1S/C25H32O2/c1-18(2)4-3-5-25(22-12-16-24(27)17-13-22)21-8-6-19(7-9-21)20-10-14-23(26)15-11-20/h6,10-18,21,25-27H,3-5,7-9H2,1-2H3. The normalized spacial score (nSPS) is 18.3. The van der Waals surface area contributed by atoms with E-state index in [1.807, 2.05) is 24.3 Å². The molecule has 0 heterocycles. The number of aromatic hydroxyl groups is 2. The smallest absolute Gasteiger partial charge is 0.115 e. The van der Waals surface area contributed by atoms with E-state index >= 15 is 0 Å². The molecule has 0 amide bonds. The van der Waals surface area contributed by atoms with Crippen molar-refractivity contribution in [3.05, 3.63) is 65.7 Å². The third-order valence-corrected chi connectivity index (χ3v) is 5.88. The number of hydrogen-bond donors (Lipinski definition) is 2. The maximum atomic E-state index is 9.65. The summed E-state index contributed by atoms with van der Waals surface area (Å²) in [6.45, 7) is 4.59. The van der Waals surface area contributed by atoms with Gasteiger partial charge in [0, 0.05) is 0 Å². The minimum absolute atomic E-state index is 0.325. The lowest BCUT2D eigenvalue weighted by molar-refractivity contribution is 0.358. The molecule has 2 nitrogen and oxygen atoms in total. The van der Waals surface area contributed by atoms with Crippen LogP contribution < -0.4 is 0 Å². The van der Waals surface area contributed by atoms with Gasteiger partial charge in [-0.25, -0.2) is 0 Å². The highest BCUT2D eigenvalue weighted by Gasteiger charge is 2.25. The Labute approximate surface area is 163 Å². The first-order chi connectivity index (χ1) is 13.0. The maximum Gasteiger partial charge on any atom is 0.115 e. The minimum atomic E-state index is 0.325. The molecule has 2 N–H and O–H groups in total. The Balaban J connectivity index is 1.72. The van der Waals surface area contributed by atoms with E-state index in [4.69, 9.17) is 0 Å². The van der Waals surface area contributed by atoms with Crippen LogP contribution in [0.15, 0.2) is 54.6 Å². The fourth-order valence-electron chi connectivity index (χ4n) is 4.30. The largest absolute Gasteiger partial charge is 0.508 e. The summed E-state index contributed by atoms with van der Waals surface area (Å²) in [7, 11) is 0. The molecule has 27 heavy (non-hydrogen) atoms. The zero-order chi connectivity index (χ0) is 19.2. The Kier molecular flexibility index (Phi) is 6.60. The quantitative estimate of drug-likeness (QED) is 0.561. The van der Waals surface area contributed by atoms with Crippen molar-refractivity contribution in [2.75, 3.05) is 0 Å². The summed E-state index contributed by atoms with van der Waals surface area (Å²) < 4.78 is 0. The molecule has 2 aromatic carbocycles. The first kappa shape index (κ1) is 19.5. The van der Waals surface area contributed by atoms with E-state index in [0.717, 1.165) is 18.8 Å². The van der Waals surface area contributed by atoms with Crippen LogP contribution in [0.5, 0.6) is 11.5 Å². The molecule has 2 atom stereocenters. The number of hydrogen-bond acceptors (Lipinski definition) is 2. The van der Waals surface area contributed by atoms with Gasteiger partial charge in [0.05, 0.1) is 0 Å². The summed E-state index contributed by atoms with van der Waals surface area (Å²) in [6.07, 6.45) is 9.54. The van der Waals surface area contributed by atoms with Gasteiger partial charge in [-0.15, -0.1) is 0 Å². The second-order valence-electron chi connectivity index (χ2n) is 8.33. The van der Waals surface area contributed by atoms with E-state index in [1.54, 1.807) is 12.1 Å². The van der Waals surface area contributed by atoms with Crippen LogP contribution in [0, 0.1) is 11.8 Å². The number of phenolic OH excluding ortho intramolecular Hbond substituents is 2. The lowest BCUT2D eigenvalue weighted by atomic mass is 9.74. The summed E-state index contributed by atoms with van der Waals surface area (Å²) in [5.74, 6) is 2.63. The lowest BCUT2D eigenvalue weighted by Gasteiger charge is -2.31. The van der Waals surface area contributed by atoms with E-state index in [2.05, 4.69) is 32.1 Å². The first-order valence-electron chi connectivity index (χ1n) is 10.3. The van der Waals surface area contributed by atoms with Crippen LogP contribution in [0.2, 0.25) is 0 Å². The van der Waals surface area contributed by atoms with Crippen molar-refractivity contribution in [1.29, 1.82) is 0 Å². The molecule has 0 fully saturated rings. The molecule has 0 bridgehead atoms. The van der Waals surface area contributed by atoms with Crippen molar-refractivity contribution >= 4 is 5.57 Å². The number of rotatable bonds is 7. The second-order valence-corrected chi connectivity index (χ2v) is 8.33. The van der Waals surface area contributed by atoms with Gasteiger partial charge in [-0.2, -0.15) is 0 Å². The predicted molar refractivity (Wildman–Crippen MR) is 113 cm³/mol. The molecule has 0 saturated heterocycles. The van der Waals surface area contributed by atoms with Gasteiger partial charge in [-0.1, -0.05) is 57.0 Å². The molecule has 0 saturated carbocycles. The highest BCUT2D eigenvalue weighted by Crippen LogP contribution is 2.41. The Bertz CT molecular complexity index is 741. The summed E-state index contributed by atoms with van der Waals surface area (Å²) in [5.41, 5.74) is 3.99. The molecule has 2 heteroatoms. The van der Waals surface area contributed by atoms with Gasteiger partial charge >= 0.3 is 0 Å². The maximum absolute atomic E-state index is 9.65. The van der Waals surface area contributed by atoms with Crippen molar-refractivity contribution < 1.29 is 10.2 Å². The van der Waals surface area contributed by atoms with Crippen molar-refractivity contribution in [2.45, 2.75) is 58.3 Å². The molecular formula is C25H32O2. The number of phenols is 2. The van der Waals surface area contributed by atoms with Gasteiger partial charge in [0.1, 0.15) is 11.5 Å². The molecule has 144 valence electrons. The summed E-state index contributed by atoms with van der Waals surface area (Å²) in [5, 5.41) is 19.2. The Morgan fingerprint density at radius 1 is 0.889 bits per heavy atom. The lowest BCUT2D eigenvalue weighted by Crippen LogP contribution is -2.16. The fourth-order valence-corrected chi connectivity index (χ4v) is 4.30. The molecule has 0 aliphatic heterocycles. The van der Waals surface area contributed by atoms with E-state index in [0.29, 0.717) is 23.3 Å². The SMILES string of the molecule is CC(C)CCCC(c1ccc(O)cc1)C1CC=C(c2ccc(O)cc2)CC1. The van der Waals surface area contributed by atoms with Crippen LogP contribution in [0.25, 0.3) is 5.57 Å². The zero-order valence-electron chi connectivity index (χ0n) is 16.6. The highest BCUT2D eigenvalue weighted by atomic mass is 16.3. The summed E-state index contributed by atoms with van der Waals surface area (Å²) >= 11 is 0. The van der Waals surface area contributed by atoms with E-state index in [1.165, 1.54) is 42.4 Å². The molecule has 0 aromatic heterocycles. The van der Waals surface area contributed by atoms with Crippen molar-refractivity contribution in [3.8, 4) is 11.5 Å². The van der Waals surface area contributed by atoms with Crippen LogP contribution in [0.1, 0.15) is 69.4 Å². The average molecular weight is 365 g/mol. The van der Waals surface area contributed by atoms with Gasteiger partial charge in [0.2, 0.25) is 0 Å². The van der Waals surface area contributed by atoms with Gasteiger partial charge in [-0.3, -0.25) is 0 Å². The molecule has 1 aliphatic rings. The summed E-state index contributed by atoms with van der Waals surface area (Å²) in [4.78, 5) is 0. The van der Waals surface area contributed by atoms with Gasteiger partial charge in [-0.05, 0) is 84.4 Å². The molecule has 2 aromatic rings. The Morgan fingerprint density at radius 3 is 2.07 bits per heavy atom. The van der Waals surface area contributed by atoms with Crippen LogP contribution in [-0.2, 0) is 0 Å².